The summed E-state index contributed by atoms with van der Waals surface area (Å²) in [6.07, 6.45) is 34.0. The average Bonchev–Trinajstić information content (AvgIpc) is 3.17. The van der Waals surface area contributed by atoms with E-state index in [0.717, 1.165) is 38.5 Å². The van der Waals surface area contributed by atoms with E-state index in [4.69, 9.17) is 9.47 Å². The summed E-state index contributed by atoms with van der Waals surface area (Å²) >= 11 is 0. The average molecular weight is 770 g/mol. The summed E-state index contributed by atoms with van der Waals surface area (Å²) in [4.78, 5) is 12.9. The van der Waals surface area contributed by atoms with E-state index in [1.54, 1.807) is 6.08 Å². The fourth-order valence-corrected chi connectivity index (χ4v) is 7.39. The number of unbranched alkanes of at least 4 members (excludes halogenated alkanes) is 28. The maximum absolute atomic E-state index is 12.9. The molecule has 54 heavy (non-hydrogen) atoms. The molecule has 9 nitrogen and oxygen atoms in total. The molecule has 1 rings (SSSR count). The Morgan fingerprint density at radius 2 is 1.02 bits per heavy atom. The van der Waals surface area contributed by atoms with E-state index in [1.807, 2.05) is 6.08 Å². The predicted octanol–water partition coefficient (Wildman–Crippen LogP) is 9.34. The number of carbonyl (C=O) groups is 1. The Morgan fingerprint density at radius 3 is 1.44 bits per heavy atom. The first-order chi connectivity index (χ1) is 26.3. The Hall–Kier alpha value is -1.07. The lowest BCUT2D eigenvalue weighted by atomic mass is 9.99. The molecule has 0 saturated carbocycles. The van der Waals surface area contributed by atoms with Crippen LogP contribution in [0.1, 0.15) is 213 Å². The molecule has 1 aliphatic rings. The van der Waals surface area contributed by atoms with Gasteiger partial charge in [0.2, 0.25) is 5.91 Å². The first-order valence-corrected chi connectivity index (χ1v) is 22.9. The van der Waals surface area contributed by atoms with Crippen molar-refractivity contribution < 1.29 is 39.8 Å². The number of ether oxygens (including phenoxy) is 2. The van der Waals surface area contributed by atoms with E-state index in [2.05, 4.69) is 19.2 Å². The number of hydrogen-bond acceptors (Lipinski definition) is 8. The molecule has 1 amide bonds. The lowest BCUT2D eigenvalue weighted by Crippen LogP contribution is -2.60. The molecule has 1 heterocycles. The van der Waals surface area contributed by atoms with E-state index in [9.17, 15) is 30.3 Å². The first kappa shape index (κ1) is 50.9. The Balaban J connectivity index is 2.29. The number of aliphatic hydroxyl groups excluding tert-OH is 5. The van der Waals surface area contributed by atoms with Gasteiger partial charge in [0.25, 0.3) is 0 Å². The van der Waals surface area contributed by atoms with Gasteiger partial charge in [0.1, 0.15) is 24.4 Å². The Kier molecular flexibility index (Phi) is 34.2. The molecule has 7 atom stereocenters. The highest BCUT2D eigenvalue weighted by Crippen LogP contribution is 2.23. The lowest BCUT2D eigenvalue weighted by molar-refractivity contribution is -0.302. The van der Waals surface area contributed by atoms with Crippen molar-refractivity contribution in [2.45, 2.75) is 256 Å². The van der Waals surface area contributed by atoms with Crippen molar-refractivity contribution in [2.24, 2.45) is 0 Å². The quantitative estimate of drug-likeness (QED) is 0.0269. The van der Waals surface area contributed by atoms with Crippen LogP contribution in [0.5, 0.6) is 0 Å². The molecule has 0 radical (unpaired) electrons. The molecule has 1 saturated heterocycles. The molecule has 0 aromatic carbocycles. The van der Waals surface area contributed by atoms with Crippen LogP contribution in [0.3, 0.4) is 0 Å². The highest BCUT2D eigenvalue weighted by molar-refractivity contribution is 5.76. The van der Waals surface area contributed by atoms with Gasteiger partial charge in [-0.2, -0.15) is 0 Å². The molecular formula is C45H87NO8. The molecule has 0 spiro atoms. The minimum atomic E-state index is -1.56. The zero-order valence-corrected chi connectivity index (χ0v) is 35.0. The van der Waals surface area contributed by atoms with Gasteiger partial charge in [-0.05, 0) is 19.3 Å². The number of hydrogen-bond donors (Lipinski definition) is 6. The highest BCUT2D eigenvalue weighted by atomic mass is 16.7. The zero-order chi connectivity index (χ0) is 39.5. The van der Waals surface area contributed by atoms with E-state index in [1.165, 1.54) is 154 Å². The van der Waals surface area contributed by atoms with Gasteiger partial charge < -0.3 is 40.3 Å². The van der Waals surface area contributed by atoms with Gasteiger partial charge in [0.05, 0.1) is 25.4 Å². The minimum absolute atomic E-state index is 0.175. The van der Waals surface area contributed by atoms with Crippen molar-refractivity contribution >= 4 is 5.91 Å². The third-order valence-corrected chi connectivity index (χ3v) is 11.1. The van der Waals surface area contributed by atoms with Crippen molar-refractivity contribution in [2.75, 3.05) is 13.2 Å². The summed E-state index contributed by atoms with van der Waals surface area (Å²) in [6.45, 7) is 3.77. The molecule has 1 aliphatic heterocycles. The molecule has 6 N–H and O–H groups in total. The van der Waals surface area contributed by atoms with Gasteiger partial charge in [0, 0.05) is 6.42 Å². The summed E-state index contributed by atoms with van der Waals surface area (Å²) in [6, 6.07) is -0.797. The SMILES string of the molecule is CCCCCCCCCCC/C=C/[C@@H](O)[C@H](CO[C@H]1O[C@@H](CO)[C@H](O)C(O)C1O)NC(=O)CCCCCCCCCCCCCCCCCCCCCC. The van der Waals surface area contributed by atoms with E-state index >= 15 is 0 Å². The van der Waals surface area contributed by atoms with Crippen LogP contribution in [0, 0.1) is 0 Å². The summed E-state index contributed by atoms with van der Waals surface area (Å²) in [5.41, 5.74) is 0. The third kappa shape index (κ3) is 26.7. The van der Waals surface area contributed by atoms with Crippen LogP contribution >= 0.6 is 0 Å². The number of nitrogens with one attached hydrogen (secondary N) is 1. The summed E-state index contributed by atoms with van der Waals surface area (Å²) < 4.78 is 11.2. The first-order valence-electron chi connectivity index (χ1n) is 22.9. The van der Waals surface area contributed by atoms with Crippen molar-refractivity contribution in [1.29, 1.82) is 0 Å². The topological polar surface area (TPSA) is 149 Å². The second-order valence-electron chi connectivity index (χ2n) is 16.2. The van der Waals surface area contributed by atoms with Crippen LogP contribution in [-0.4, -0.2) is 87.5 Å². The van der Waals surface area contributed by atoms with Crippen LogP contribution in [0.25, 0.3) is 0 Å². The largest absolute Gasteiger partial charge is 0.394 e. The second kappa shape index (κ2) is 36.3. The van der Waals surface area contributed by atoms with E-state index in [0.29, 0.717) is 6.42 Å². The van der Waals surface area contributed by atoms with Crippen LogP contribution in [-0.2, 0) is 14.3 Å². The molecule has 0 aromatic rings. The highest BCUT2D eigenvalue weighted by Gasteiger charge is 2.44. The predicted molar refractivity (Wildman–Crippen MR) is 221 cm³/mol. The lowest BCUT2D eigenvalue weighted by Gasteiger charge is -2.40. The van der Waals surface area contributed by atoms with Crippen LogP contribution in [0.4, 0.5) is 0 Å². The van der Waals surface area contributed by atoms with Crippen molar-refractivity contribution in [3.05, 3.63) is 12.2 Å². The molecule has 0 aromatic heterocycles. The molecule has 0 aliphatic carbocycles. The number of amides is 1. The van der Waals surface area contributed by atoms with Gasteiger partial charge >= 0.3 is 0 Å². The Bertz CT molecular complexity index is 858. The molecular weight excluding hydrogens is 682 g/mol. The summed E-state index contributed by atoms with van der Waals surface area (Å²) in [5.74, 6) is -0.175. The second-order valence-corrected chi connectivity index (χ2v) is 16.2. The molecule has 2 unspecified atom stereocenters. The Morgan fingerprint density at radius 1 is 0.611 bits per heavy atom. The van der Waals surface area contributed by atoms with Crippen molar-refractivity contribution in [3.63, 3.8) is 0 Å². The van der Waals surface area contributed by atoms with Crippen LogP contribution in [0.2, 0.25) is 0 Å². The molecule has 9 heteroatoms. The monoisotopic (exact) mass is 770 g/mol. The van der Waals surface area contributed by atoms with Gasteiger partial charge in [-0.1, -0.05) is 199 Å². The number of aliphatic hydroxyl groups is 5. The third-order valence-electron chi connectivity index (χ3n) is 11.1. The molecule has 1 fully saturated rings. The molecule has 320 valence electrons. The van der Waals surface area contributed by atoms with Gasteiger partial charge in [-0.15, -0.1) is 0 Å². The van der Waals surface area contributed by atoms with E-state index in [-0.39, 0.29) is 12.5 Å². The smallest absolute Gasteiger partial charge is 0.220 e. The maximum Gasteiger partial charge on any atom is 0.220 e. The summed E-state index contributed by atoms with van der Waals surface area (Å²) in [7, 11) is 0. The Labute approximate surface area is 331 Å². The maximum atomic E-state index is 12.9. The van der Waals surface area contributed by atoms with Crippen molar-refractivity contribution in [3.8, 4) is 0 Å². The van der Waals surface area contributed by atoms with Gasteiger partial charge in [-0.25, -0.2) is 0 Å². The normalized spacial score (nSPS) is 21.5. The van der Waals surface area contributed by atoms with Crippen LogP contribution in [0.15, 0.2) is 12.2 Å². The summed E-state index contributed by atoms with van der Waals surface area (Å²) in [5, 5.41) is 54.1. The molecule has 0 bridgehead atoms. The zero-order valence-electron chi connectivity index (χ0n) is 35.0. The fourth-order valence-electron chi connectivity index (χ4n) is 7.39. The number of allylic oxidation sites excluding steroid dienone is 1. The van der Waals surface area contributed by atoms with E-state index < -0.39 is 49.5 Å². The minimum Gasteiger partial charge on any atom is -0.394 e. The standard InChI is InChI=1S/C45H87NO8/c1-3-5-7-9-11-13-15-16-17-18-19-20-21-22-23-25-27-29-31-33-35-41(49)46-38(37-53-45-44(52)43(51)42(50)40(36-47)54-45)39(48)34-32-30-28-26-24-14-12-10-8-6-4-2/h32,34,38-40,42-45,47-48,50-52H,3-31,33,35-37H2,1-2H3,(H,46,49)/b34-32+/t38-,39+,40-,42-,43?,44?,45-/m0/s1. The van der Waals surface area contributed by atoms with Crippen molar-refractivity contribution in [1.82, 2.24) is 5.32 Å². The van der Waals surface area contributed by atoms with Gasteiger partial charge in [0.15, 0.2) is 6.29 Å². The number of rotatable bonds is 38. The van der Waals surface area contributed by atoms with Crippen LogP contribution < -0.4 is 5.32 Å². The number of carbonyl (C=O) groups excluding carboxylic acids is 1. The fraction of sp³-hybridized carbons (Fsp3) is 0.933. The van der Waals surface area contributed by atoms with Gasteiger partial charge in [-0.3, -0.25) is 4.79 Å².